The van der Waals surface area contributed by atoms with Crippen molar-refractivity contribution in [2.75, 3.05) is 13.1 Å². The number of hydrogen-bond donors (Lipinski definition) is 2. The normalized spacial score (nSPS) is 25.4. The minimum absolute atomic E-state index is 0.115. The number of hydrogen-bond acceptors (Lipinski definition) is 3. The smallest absolute Gasteiger partial charge is 0.138 e. The maximum absolute atomic E-state index is 9.87. The van der Waals surface area contributed by atoms with Gasteiger partial charge in [0.25, 0.3) is 0 Å². The number of benzene rings is 1. The van der Waals surface area contributed by atoms with Crippen LogP contribution >= 0.6 is 23.2 Å². The molecule has 1 aliphatic rings. The van der Waals surface area contributed by atoms with Crippen LogP contribution in [0.1, 0.15) is 12.5 Å². The predicted molar refractivity (Wildman–Crippen MR) is 70.5 cm³/mol. The fraction of sp³-hybridized carbons (Fsp3) is 0.500. The highest BCUT2D eigenvalue weighted by molar-refractivity contribution is 6.35. The standard InChI is InChI=1S/C12H16Cl2N2O/c1-7-4-16(6-11(7)15)5-8-2-9(13)3-10(14)12(8)17/h2-3,7,11,17H,4-6,15H2,1H3. The minimum Gasteiger partial charge on any atom is -0.506 e. The summed E-state index contributed by atoms with van der Waals surface area (Å²) in [6, 6.07) is 3.49. The molecule has 1 aromatic carbocycles. The second-order valence-corrected chi connectivity index (χ2v) is 5.57. The van der Waals surface area contributed by atoms with Gasteiger partial charge in [-0.05, 0) is 18.1 Å². The molecule has 0 aromatic heterocycles. The first kappa shape index (κ1) is 13.0. The van der Waals surface area contributed by atoms with E-state index in [1.54, 1.807) is 12.1 Å². The summed E-state index contributed by atoms with van der Waals surface area (Å²) >= 11 is 11.8. The van der Waals surface area contributed by atoms with Gasteiger partial charge in [0.05, 0.1) is 5.02 Å². The highest BCUT2D eigenvalue weighted by Gasteiger charge is 2.27. The molecule has 5 heteroatoms. The number of halogens is 2. The summed E-state index contributed by atoms with van der Waals surface area (Å²) in [4.78, 5) is 2.21. The van der Waals surface area contributed by atoms with Gasteiger partial charge in [0.15, 0.2) is 0 Å². The van der Waals surface area contributed by atoms with Gasteiger partial charge in [0.2, 0.25) is 0 Å². The molecule has 17 heavy (non-hydrogen) atoms. The minimum atomic E-state index is 0.115. The second-order valence-electron chi connectivity index (χ2n) is 4.73. The Morgan fingerprint density at radius 1 is 1.41 bits per heavy atom. The number of likely N-dealkylation sites (tertiary alicyclic amines) is 1. The summed E-state index contributed by atoms with van der Waals surface area (Å²) in [5.41, 5.74) is 6.72. The van der Waals surface area contributed by atoms with Crippen LogP contribution in [0.15, 0.2) is 12.1 Å². The fourth-order valence-electron chi connectivity index (χ4n) is 2.21. The second kappa shape index (κ2) is 5.02. The Morgan fingerprint density at radius 3 is 2.71 bits per heavy atom. The van der Waals surface area contributed by atoms with Crippen LogP contribution in [-0.2, 0) is 6.54 Å². The van der Waals surface area contributed by atoms with E-state index in [9.17, 15) is 5.11 Å². The molecular weight excluding hydrogens is 259 g/mol. The van der Waals surface area contributed by atoms with Gasteiger partial charge in [0.1, 0.15) is 5.75 Å². The zero-order chi connectivity index (χ0) is 12.6. The number of nitrogens with zero attached hydrogens (tertiary/aromatic N) is 1. The van der Waals surface area contributed by atoms with Crippen molar-refractivity contribution in [3.05, 3.63) is 27.7 Å². The maximum Gasteiger partial charge on any atom is 0.138 e. The molecule has 0 radical (unpaired) electrons. The average Bonchev–Trinajstić information content (AvgIpc) is 2.54. The molecule has 1 aromatic rings. The van der Waals surface area contributed by atoms with Crippen molar-refractivity contribution in [1.29, 1.82) is 0 Å². The van der Waals surface area contributed by atoms with Crippen LogP contribution in [0, 0.1) is 5.92 Å². The van der Waals surface area contributed by atoms with Crippen LogP contribution in [0.25, 0.3) is 0 Å². The van der Waals surface area contributed by atoms with Crippen molar-refractivity contribution in [2.24, 2.45) is 11.7 Å². The molecular formula is C12H16Cl2N2O. The lowest BCUT2D eigenvalue weighted by atomic mass is 10.1. The van der Waals surface area contributed by atoms with Gasteiger partial charge in [0, 0.05) is 36.3 Å². The predicted octanol–water partition coefficient (Wildman–Crippen LogP) is 2.48. The van der Waals surface area contributed by atoms with E-state index in [0.717, 1.165) is 18.7 Å². The first-order valence-electron chi connectivity index (χ1n) is 5.62. The Morgan fingerprint density at radius 2 is 2.12 bits per heavy atom. The van der Waals surface area contributed by atoms with Crippen LogP contribution in [-0.4, -0.2) is 29.1 Å². The van der Waals surface area contributed by atoms with E-state index < -0.39 is 0 Å². The third kappa shape index (κ3) is 2.86. The van der Waals surface area contributed by atoms with E-state index in [4.69, 9.17) is 28.9 Å². The zero-order valence-corrected chi connectivity index (χ0v) is 11.2. The third-order valence-electron chi connectivity index (χ3n) is 3.25. The van der Waals surface area contributed by atoms with Crippen molar-refractivity contribution in [1.82, 2.24) is 4.90 Å². The molecule has 1 heterocycles. The van der Waals surface area contributed by atoms with Gasteiger partial charge >= 0.3 is 0 Å². The molecule has 2 unspecified atom stereocenters. The monoisotopic (exact) mass is 274 g/mol. The summed E-state index contributed by atoms with van der Waals surface area (Å²) < 4.78 is 0. The lowest BCUT2D eigenvalue weighted by Crippen LogP contribution is -2.28. The topological polar surface area (TPSA) is 49.5 Å². The lowest BCUT2D eigenvalue weighted by molar-refractivity contribution is 0.312. The molecule has 3 nitrogen and oxygen atoms in total. The van der Waals surface area contributed by atoms with E-state index in [0.29, 0.717) is 22.5 Å². The van der Waals surface area contributed by atoms with Crippen LogP contribution in [0.2, 0.25) is 10.0 Å². The van der Waals surface area contributed by atoms with E-state index in [-0.39, 0.29) is 11.8 Å². The Labute approximate surface area is 111 Å². The molecule has 1 aliphatic heterocycles. The summed E-state index contributed by atoms with van der Waals surface area (Å²) in [6.45, 7) is 4.54. The van der Waals surface area contributed by atoms with Gasteiger partial charge in [-0.25, -0.2) is 0 Å². The summed E-state index contributed by atoms with van der Waals surface area (Å²) in [7, 11) is 0. The maximum atomic E-state index is 9.87. The Kier molecular flexibility index (Phi) is 3.83. The molecule has 0 spiro atoms. The summed E-state index contributed by atoms with van der Waals surface area (Å²) in [5, 5.41) is 10.7. The number of phenolic OH excluding ortho intramolecular Hbond substituents is 1. The van der Waals surface area contributed by atoms with Crippen molar-refractivity contribution in [3.8, 4) is 5.75 Å². The van der Waals surface area contributed by atoms with Crippen LogP contribution in [0.4, 0.5) is 0 Å². The molecule has 0 bridgehead atoms. The molecule has 1 saturated heterocycles. The highest BCUT2D eigenvalue weighted by atomic mass is 35.5. The van der Waals surface area contributed by atoms with E-state index in [2.05, 4.69) is 11.8 Å². The molecule has 3 N–H and O–H groups in total. The van der Waals surface area contributed by atoms with Crippen LogP contribution in [0.3, 0.4) is 0 Å². The Balaban J connectivity index is 2.14. The summed E-state index contributed by atoms with van der Waals surface area (Å²) in [6.07, 6.45) is 0. The largest absolute Gasteiger partial charge is 0.506 e. The van der Waals surface area contributed by atoms with Crippen molar-refractivity contribution < 1.29 is 5.11 Å². The number of nitrogens with two attached hydrogens (primary N) is 1. The van der Waals surface area contributed by atoms with Crippen LogP contribution in [0.5, 0.6) is 5.75 Å². The zero-order valence-electron chi connectivity index (χ0n) is 9.66. The van der Waals surface area contributed by atoms with E-state index >= 15 is 0 Å². The number of rotatable bonds is 2. The van der Waals surface area contributed by atoms with E-state index in [1.165, 1.54) is 0 Å². The fourth-order valence-corrected chi connectivity index (χ4v) is 2.74. The lowest BCUT2D eigenvalue weighted by Gasteiger charge is -2.16. The molecule has 0 amide bonds. The first-order chi connectivity index (χ1) is 7.97. The average molecular weight is 275 g/mol. The third-order valence-corrected chi connectivity index (χ3v) is 3.75. The Hall–Kier alpha value is -0.480. The first-order valence-corrected chi connectivity index (χ1v) is 6.37. The highest BCUT2D eigenvalue weighted by Crippen LogP contribution is 2.32. The molecule has 1 fully saturated rings. The molecule has 2 rings (SSSR count). The van der Waals surface area contributed by atoms with Gasteiger partial charge in [-0.2, -0.15) is 0 Å². The van der Waals surface area contributed by atoms with Crippen molar-refractivity contribution in [3.63, 3.8) is 0 Å². The molecule has 2 atom stereocenters. The quantitative estimate of drug-likeness (QED) is 0.871. The Bertz CT molecular complexity index is 415. The SMILES string of the molecule is CC1CN(Cc2cc(Cl)cc(Cl)c2O)CC1N. The number of aromatic hydroxyl groups is 1. The number of phenols is 1. The summed E-state index contributed by atoms with van der Waals surface area (Å²) in [5.74, 6) is 0.594. The van der Waals surface area contributed by atoms with Crippen molar-refractivity contribution in [2.45, 2.75) is 19.5 Å². The molecule has 0 aliphatic carbocycles. The van der Waals surface area contributed by atoms with Gasteiger partial charge in [-0.1, -0.05) is 30.1 Å². The van der Waals surface area contributed by atoms with E-state index in [1.807, 2.05) is 0 Å². The molecule has 0 saturated carbocycles. The molecule has 94 valence electrons. The van der Waals surface area contributed by atoms with Gasteiger partial charge in [-0.3, -0.25) is 4.90 Å². The van der Waals surface area contributed by atoms with Crippen LogP contribution < -0.4 is 5.73 Å². The van der Waals surface area contributed by atoms with Gasteiger partial charge < -0.3 is 10.8 Å². The van der Waals surface area contributed by atoms with Crippen molar-refractivity contribution >= 4 is 23.2 Å². The van der Waals surface area contributed by atoms with Gasteiger partial charge in [-0.15, -0.1) is 0 Å².